The molecule has 0 radical (unpaired) electrons. The second-order valence-corrected chi connectivity index (χ2v) is 5.15. The molecule has 0 aliphatic rings. The third-order valence-corrected chi connectivity index (χ3v) is 3.71. The van der Waals surface area contributed by atoms with Gasteiger partial charge in [-0.15, -0.1) is 0 Å². The van der Waals surface area contributed by atoms with Crippen molar-refractivity contribution in [3.63, 3.8) is 0 Å². The standard InChI is InChI=1S/C14H10ClN7/c15-11-9(4-8-2-1-3-17-13(8)21-11)5-22-7-20-10-12(16)18-6-19-14(10)22/h1-4,6-7H,5H2,(H2,16,18,19). The maximum atomic E-state index is 6.26. The van der Waals surface area contributed by atoms with Crippen LogP contribution in [0.15, 0.2) is 37.1 Å². The number of hydrogen-bond donors (Lipinski definition) is 1. The second-order valence-electron chi connectivity index (χ2n) is 4.79. The van der Waals surface area contributed by atoms with Crippen LogP contribution in [0.4, 0.5) is 5.82 Å². The van der Waals surface area contributed by atoms with Crippen LogP contribution in [0.1, 0.15) is 5.56 Å². The topological polar surface area (TPSA) is 95.4 Å². The van der Waals surface area contributed by atoms with E-state index in [-0.39, 0.29) is 0 Å². The quantitative estimate of drug-likeness (QED) is 0.569. The van der Waals surface area contributed by atoms with E-state index in [1.165, 1.54) is 6.33 Å². The van der Waals surface area contributed by atoms with Gasteiger partial charge in [0.1, 0.15) is 17.0 Å². The normalized spacial score (nSPS) is 11.3. The number of halogens is 1. The van der Waals surface area contributed by atoms with E-state index in [2.05, 4.69) is 24.9 Å². The van der Waals surface area contributed by atoms with Crippen LogP contribution in [0.2, 0.25) is 5.15 Å². The molecular formula is C14H10ClN7. The van der Waals surface area contributed by atoms with Gasteiger partial charge in [0.15, 0.2) is 17.1 Å². The molecule has 4 aromatic heterocycles. The lowest BCUT2D eigenvalue weighted by Crippen LogP contribution is -2.02. The molecule has 0 amide bonds. The highest BCUT2D eigenvalue weighted by molar-refractivity contribution is 6.30. The summed E-state index contributed by atoms with van der Waals surface area (Å²) in [6.45, 7) is 0.490. The van der Waals surface area contributed by atoms with Gasteiger partial charge >= 0.3 is 0 Å². The first kappa shape index (κ1) is 12.9. The summed E-state index contributed by atoms with van der Waals surface area (Å²) in [5, 5.41) is 1.34. The van der Waals surface area contributed by atoms with Crippen molar-refractivity contribution in [2.45, 2.75) is 6.54 Å². The van der Waals surface area contributed by atoms with E-state index in [4.69, 9.17) is 17.3 Å². The molecule has 8 heteroatoms. The van der Waals surface area contributed by atoms with E-state index < -0.39 is 0 Å². The Bertz CT molecular complexity index is 995. The Labute approximate surface area is 129 Å². The number of nitrogens with zero attached hydrogens (tertiary/aromatic N) is 6. The molecule has 0 fully saturated rings. The number of pyridine rings is 2. The Balaban J connectivity index is 1.82. The fraction of sp³-hybridized carbons (Fsp3) is 0.0714. The molecule has 0 aliphatic heterocycles. The molecule has 0 saturated carbocycles. The number of anilines is 1. The van der Waals surface area contributed by atoms with E-state index in [9.17, 15) is 0 Å². The van der Waals surface area contributed by atoms with Gasteiger partial charge in [0.05, 0.1) is 12.9 Å². The van der Waals surface area contributed by atoms with Crippen molar-refractivity contribution in [1.82, 2.24) is 29.5 Å². The molecule has 4 rings (SSSR count). The first-order valence-electron chi connectivity index (χ1n) is 6.54. The van der Waals surface area contributed by atoms with Gasteiger partial charge in [-0.1, -0.05) is 11.6 Å². The first-order chi connectivity index (χ1) is 10.7. The van der Waals surface area contributed by atoms with E-state index in [0.29, 0.717) is 34.3 Å². The van der Waals surface area contributed by atoms with Gasteiger partial charge in [0, 0.05) is 17.1 Å². The lowest BCUT2D eigenvalue weighted by molar-refractivity contribution is 0.810. The van der Waals surface area contributed by atoms with Crippen LogP contribution in [0, 0.1) is 0 Å². The molecule has 0 atom stereocenters. The summed E-state index contributed by atoms with van der Waals surface area (Å²) in [7, 11) is 0. The third-order valence-electron chi connectivity index (χ3n) is 3.39. The van der Waals surface area contributed by atoms with E-state index in [0.717, 1.165) is 10.9 Å². The zero-order chi connectivity index (χ0) is 15.1. The van der Waals surface area contributed by atoms with Crippen LogP contribution < -0.4 is 5.73 Å². The lowest BCUT2D eigenvalue weighted by atomic mass is 10.2. The highest BCUT2D eigenvalue weighted by Gasteiger charge is 2.11. The Morgan fingerprint density at radius 1 is 1.18 bits per heavy atom. The van der Waals surface area contributed by atoms with Crippen molar-refractivity contribution in [2.24, 2.45) is 0 Å². The Hall–Kier alpha value is -2.80. The number of rotatable bonds is 2. The average Bonchev–Trinajstić information content (AvgIpc) is 2.93. The van der Waals surface area contributed by atoms with Gasteiger partial charge in [-0.05, 0) is 18.2 Å². The number of hydrogen-bond acceptors (Lipinski definition) is 6. The molecule has 0 unspecified atom stereocenters. The number of nitrogens with two attached hydrogens (primary N) is 1. The molecular weight excluding hydrogens is 302 g/mol. The molecule has 7 nitrogen and oxygen atoms in total. The maximum absolute atomic E-state index is 6.26. The Morgan fingerprint density at radius 3 is 3.00 bits per heavy atom. The molecule has 0 bridgehead atoms. The fourth-order valence-electron chi connectivity index (χ4n) is 2.34. The minimum atomic E-state index is 0.357. The fourth-order valence-corrected chi connectivity index (χ4v) is 2.53. The lowest BCUT2D eigenvalue weighted by Gasteiger charge is -2.07. The second kappa shape index (κ2) is 4.88. The van der Waals surface area contributed by atoms with Gasteiger partial charge in [0.2, 0.25) is 0 Å². The maximum Gasteiger partial charge on any atom is 0.165 e. The number of nitrogen functional groups attached to an aromatic ring is 1. The van der Waals surface area contributed by atoms with E-state index >= 15 is 0 Å². The number of imidazole rings is 1. The van der Waals surface area contributed by atoms with Crippen LogP contribution in [0.25, 0.3) is 22.2 Å². The summed E-state index contributed by atoms with van der Waals surface area (Å²) in [5.41, 5.74) is 8.52. The largest absolute Gasteiger partial charge is 0.382 e. The van der Waals surface area contributed by atoms with Gasteiger partial charge in [0.25, 0.3) is 0 Å². The van der Waals surface area contributed by atoms with Crippen molar-refractivity contribution < 1.29 is 0 Å². The summed E-state index contributed by atoms with van der Waals surface area (Å²) in [6, 6.07) is 5.78. The first-order valence-corrected chi connectivity index (χ1v) is 6.91. The summed E-state index contributed by atoms with van der Waals surface area (Å²) < 4.78 is 1.86. The number of aromatic nitrogens is 6. The minimum Gasteiger partial charge on any atom is -0.382 e. The monoisotopic (exact) mass is 311 g/mol. The van der Waals surface area contributed by atoms with Crippen molar-refractivity contribution in [3.05, 3.63) is 47.8 Å². The van der Waals surface area contributed by atoms with Gasteiger partial charge < -0.3 is 10.3 Å². The third kappa shape index (κ3) is 2.03. The van der Waals surface area contributed by atoms with Crippen molar-refractivity contribution in [3.8, 4) is 0 Å². The molecule has 0 aromatic carbocycles. The van der Waals surface area contributed by atoms with Gasteiger partial charge in [-0.3, -0.25) is 0 Å². The van der Waals surface area contributed by atoms with Gasteiger partial charge in [-0.2, -0.15) is 0 Å². The predicted octanol–water partition coefficient (Wildman–Crippen LogP) is 2.05. The average molecular weight is 312 g/mol. The zero-order valence-electron chi connectivity index (χ0n) is 11.3. The van der Waals surface area contributed by atoms with Crippen LogP contribution in [0.5, 0.6) is 0 Å². The summed E-state index contributed by atoms with van der Waals surface area (Å²) in [4.78, 5) is 20.9. The van der Waals surface area contributed by atoms with Crippen molar-refractivity contribution >= 4 is 39.6 Å². The van der Waals surface area contributed by atoms with Crippen LogP contribution >= 0.6 is 11.6 Å². The summed E-state index contributed by atoms with van der Waals surface area (Å²) in [5.74, 6) is 0.357. The molecule has 4 aromatic rings. The SMILES string of the molecule is Nc1ncnc2c1ncn2Cc1cc2cccnc2nc1Cl. The van der Waals surface area contributed by atoms with Gasteiger partial charge in [-0.25, -0.2) is 24.9 Å². The smallest absolute Gasteiger partial charge is 0.165 e. The molecule has 0 saturated heterocycles. The number of fused-ring (bicyclic) bond motifs is 2. The zero-order valence-corrected chi connectivity index (χ0v) is 12.1. The molecule has 0 aliphatic carbocycles. The van der Waals surface area contributed by atoms with Crippen molar-refractivity contribution in [1.29, 1.82) is 0 Å². The predicted molar refractivity (Wildman–Crippen MR) is 83.4 cm³/mol. The highest BCUT2D eigenvalue weighted by atomic mass is 35.5. The molecule has 0 spiro atoms. The van der Waals surface area contributed by atoms with Crippen LogP contribution in [0.3, 0.4) is 0 Å². The molecule has 4 heterocycles. The van der Waals surface area contributed by atoms with Crippen molar-refractivity contribution in [2.75, 3.05) is 5.73 Å². The highest BCUT2D eigenvalue weighted by Crippen LogP contribution is 2.22. The molecule has 2 N–H and O–H groups in total. The Morgan fingerprint density at radius 2 is 2.09 bits per heavy atom. The minimum absolute atomic E-state index is 0.357. The summed E-state index contributed by atoms with van der Waals surface area (Å²) >= 11 is 6.26. The molecule has 22 heavy (non-hydrogen) atoms. The molecule has 108 valence electrons. The van der Waals surface area contributed by atoms with E-state index in [1.807, 2.05) is 22.8 Å². The van der Waals surface area contributed by atoms with Crippen LogP contribution in [-0.2, 0) is 6.54 Å². The summed E-state index contributed by atoms with van der Waals surface area (Å²) in [6.07, 6.45) is 4.77. The Kier molecular flexibility index (Phi) is 2.87. The van der Waals surface area contributed by atoms with Crippen LogP contribution in [-0.4, -0.2) is 29.5 Å². The van der Waals surface area contributed by atoms with E-state index in [1.54, 1.807) is 12.5 Å².